The van der Waals surface area contributed by atoms with Crippen molar-refractivity contribution in [3.63, 3.8) is 0 Å². The normalized spacial score (nSPS) is 14.1. The summed E-state index contributed by atoms with van der Waals surface area (Å²) in [6, 6.07) is 12.7. The number of amides is 3. The molecule has 1 heterocycles. The lowest BCUT2D eigenvalue weighted by atomic mass is 10.0. The summed E-state index contributed by atoms with van der Waals surface area (Å²) in [5.41, 5.74) is 12.2. The third-order valence-electron chi connectivity index (χ3n) is 6.35. The maximum atomic E-state index is 14.1. The number of nitrogen functional groups attached to an aromatic ring is 1. The van der Waals surface area contributed by atoms with Gasteiger partial charge in [-0.05, 0) is 54.2 Å². The highest BCUT2D eigenvalue weighted by molar-refractivity contribution is 7.09. The summed E-state index contributed by atoms with van der Waals surface area (Å²) in [5, 5.41) is 3.12. The van der Waals surface area contributed by atoms with E-state index >= 15 is 0 Å². The van der Waals surface area contributed by atoms with E-state index in [9.17, 15) is 14.4 Å². The minimum Gasteiger partial charge on any atom is -0.497 e. The molecule has 10 nitrogen and oxygen atoms in total. The van der Waals surface area contributed by atoms with Crippen LogP contribution in [0.25, 0.3) is 0 Å². The summed E-state index contributed by atoms with van der Waals surface area (Å²) >= 11 is 0.759. The van der Waals surface area contributed by atoms with Crippen molar-refractivity contribution in [2.75, 3.05) is 24.9 Å². The third-order valence-corrected chi connectivity index (χ3v) is 7.20. The molecule has 1 aliphatic rings. The fourth-order valence-electron chi connectivity index (χ4n) is 4.44. The Kier molecular flexibility index (Phi) is 7.92. The molecule has 0 aliphatic heterocycles. The Morgan fingerprint density at radius 2 is 1.73 bits per heavy atom. The van der Waals surface area contributed by atoms with E-state index in [1.165, 1.54) is 12.0 Å². The van der Waals surface area contributed by atoms with Crippen LogP contribution in [0.1, 0.15) is 57.4 Å². The van der Waals surface area contributed by atoms with Crippen molar-refractivity contribution in [1.29, 1.82) is 0 Å². The Balaban J connectivity index is 1.86. The van der Waals surface area contributed by atoms with Crippen LogP contribution in [0.3, 0.4) is 0 Å². The van der Waals surface area contributed by atoms with Gasteiger partial charge in [-0.1, -0.05) is 31.0 Å². The Labute approximate surface area is 218 Å². The van der Waals surface area contributed by atoms with Gasteiger partial charge in [0.15, 0.2) is 5.69 Å². The number of benzene rings is 2. The van der Waals surface area contributed by atoms with Crippen LogP contribution >= 0.6 is 11.5 Å². The zero-order valence-electron chi connectivity index (χ0n) is 20.6. The summed E-state index contributed by atoms with van der Waals surface area (Å²) in [5.74, 6) is -0.679. The van der Waals surface area contributed by atoms with E-state index in [2.05, 4.69) is 9.69 Å². The van der Waals surface area contributed by atoms with E-state index in [1.54, 1.807) is 55.6 Å². The average molecular weight is 524 g/mol. The number of hydrogen-bond acceptors (Lipinski definition) is 8. The quantitative estimate of drug-likeness (QED) is 0.389. The minimum atomic E-state index is -1.07. The second-order valence-corrected chi connectivity index (χ2v) is 9.45. The number of methoxy groups -OCH3 is 2. The van der Waals surface area contributed by atoms with Crippen LogP contribution in [0.5, 0.6) is 11.5 Å². The first-order chi connectivity index (χ1) is 17.8. The second kappa shape index (κ2) is 11.3. The Morgan fingerprint density at radius 1 is 1.05 bits per heavy atom. The lowest BCUT2D eigenvalue weighted by Crippen LogP contribution is -2.46. The highest BCUT2D eigenvalue weighted by Crippen LogP contribution is 2.35. The molecule has 5 N–H and O–H groups in total. The van der Waals surface area contributed by atoms with Gasteiger partial charge in [-0.2, -0.15) is 4.37 Å². The SMILES string of the molecule is COc1ccc(C(C(=O)NC2CCCC2)N(C(=O)c2snc(C(N)=O)c2N)c2cccc(OC)c2)cc1. The van der Waals surface area contributed by atoms with Crippen LogP contribution in [0.2, 0.25) is 0 Å². The predicted molar refractivity (Wildman–Crippen MR) is 141 cm³/mol. The van der Waals surface area contributed by atoms with E-state index < -0.39 is 17.9 Å². The van der Waals surface area contributed by atoms with Crippen molar-refractivity contribution < 1.29 is 23.9 Å². The molecule has 0 bridgehead atoms. The molecule has 1 unspecified atom stereocenters. The summed E-state index contributed by atoms with van der Waals surface area (Å²) in [4.78, 5) is 41.1. The van der Waals surface area contributed by atoms with Crippen molar-refractivity contribution in [2.45, 2.75) is 37.8 Å². The van der Waals surface area contributed by atoms with Crippen LogP contribution in [0, 0.1) is 0 Å². The van der Waals surface area contributed by atoms with Gasteiger partial charge in [-0.3, -0.25) is 19.3 Å². The number of carbonyl (C=O) groups excluding carboxylic acids is 3. The zero-order valence-corrected chi connectivity index (χ0v) is 21.4. The van der Waals surface area contributed by atoms with Gasteiger partial charge in [0.2, 0.25) is 5.91 Å². The largest absolute Gasteiger partial charge is 0.497 e. The van der Waals surface area contributed by atoms with Crippen LogP contribution < -0.4 is 31.2 Å². The van der Waals surface area contributed by atoms with E-state index in [0.29, 0.717) is 22.7 Å². The van der Waals surface area contributed by atoms with Gasteiger partial charge in [0.05, 0.1) is 19.9 Å². The van der Waals surface area contributed by atoms with Crippen LogP contribution in [0.15, 0.2) is 48.5 Å². The molecule has 1 saturated carbocycles. The number of carbonyl (C=O) groups is 3. The number of primary amides is 1. The number of aromatic nitrogens is 1. The van der Waals surface area contributed by atoms with Crippen molar-refractivity contribution in [2.24, 2.45) is 5.73 Å². The first kappa shape index (κ1) is 26.0. The summed E-state index contributed by atoms with van der Waals surface area (Å²) in [6.07, 6.45) is 3.81. The van der Waals surface area contributed by atoms with Gasteiger partial charge in [0, 0.05) is 17.8 Å². The molecule has 1 fully saturated rings. The molecule has 0 saturated heterocycles. The Bertz CT molecular complexity index is 1290. The first-order valence-electron chi connectivity index (χ1n) is 11.8. The van der Waals surface area contributed by atoms with Crippen LogP contribution in [-0.4, -0.2) is 42.4 Å². The number of ether oxygens (including phenoxy) is 2. The first-order valence-corrected chi connectivity index (χ1v) is 12.6. The van der Waals surface area contributed by atoms with E-state index in [0.717, 1.165) is 37.2 Å². The zero-order chi connectivity index (χ0) is 26.5. The molecule has 1 aromatic heterocycles. The van der Waals surface area contributed by atoms with Gasteiger partial charge >= 0.3 is 0 Å². The molecule has 4 rings (SSSR count). The Morgan fingerprint density at radius 3 is 2.32 bits per heavy atom. The second-order valence-electron chi connectivity index (χ2n) is 8.68. The number of nitrogens with zero attached hydrogens (tertiary/aromatic N) is 2. The maximum absolute atomic E-state index is 14.1. The summed E-state index contributed by atoms with van der Waals surface area (Å²) in [6.45, 7) is 0. The molecule has 0 radical (unpaired) electrons. The van der Waals surface area contributed by atoms with Crippen molar-refractivity contribution in [1.82, 2.24) is 9.69 Å². The van der Waals surface area contributed by atoms with Crippen molar-refractivity contribution in [3.8, 4) is 11.5 Å². The smallest absolute Gasteiger partial charge is 0.273 e. The number of nitrogens with two attached hydrogens (primary N) is 2. The number of rotatable bonds is 9. The predicted octanol–water partition coefficient (Wildman–Crippen LogP) is 3.29. The fraction of sp³-hybridized carbons (Fsp3) is 0.308. The number of nitrogens with one attached hydrogen (secondary N) is 1. The highest BCUT2D eigenvalue weighted by Gasteiger charge is 2.37. The standard InChI is InChI=1S/C26H29N5O5S/c1-35-18-12-10-15(11-13-18)22(25(33)29-16-6-3-4-7-16)31(17-8-5-9-19(14-17)36-2)26(34)23-20(27)21(24(28)32)30-37-23/h5,8-14,16,22H,3-4,6-7,27H2,1-2H3,(H2,28,32)(H,29,33). The highest BCUT2D eigenvalue weighted by atomic mass is 32.1. The maximum Gasteiger partial charge on any atom is 0.273 e. The van der Waals surface area contributed by atoms with Gasteiger partial charge < -0.3 is 26.3 Å². The number of anilines is 2. The molecule has 1 aliphatic carbocycles. The Hall–Kier alpha value is -4.12. The monoisotopic (exact) mass is 523 g/mol. The molecule has 194 valence electrons. The number of hydrogen-bond donors (Lipinski definition) is 3. The molecular weight excluding hydrogens is 494 g/mol. The van der Waals surface area contributed by atoms with Gasteiger partial charge in [-0.15, -0.1) is 0 Å². The lowest BCUT2D eigenvalue weighted by Gasteiger charge is -2.32. The molecule has 37 heavy (non-hydrogen) atoms. The van der Waals surface area contributed by atoms with E-state index in [-0.39, 0.29) is 28.2 Å². The van der Waals surface area contributed by atoms with Crippen LogP contribution in [0.4, 0.5) is 11.4 Å². The molecule has 3 amide bonds. The molecule has 2 aromatic carbocycles. The molecule has 1 atom stereocenters. The van der Waals surface area contributed by atoms with Crippen LogP contribution in [-0.2, 0) is 4.79 Å². The molecule has 3 aromatic rings. The van der Waals surface area contributed by atoms with Crippen molar-refractivity contribution in [3.05, 3.63) is 64.7 Å². The van der Waals surface area contributed by atoms with E-state index in [1.807, 2.05) is 0 Å². The van der Waals surface area contributed by atoms with Gasteiger partial charge in [0.1, 0.15) is 22.4 Å². The summed E-state index contributed by atoms with van der Waals surface area (Å²) in [7, 11) is 3.06. The molecule has 11 heteroatoms. The molecular formula is C26H29N5O5S. The molecule has 0 spiro atoms. The summed E-state index contributed by atoms with van der Waals surface area (Å²) < 4.78 is 14.7. The topological polar surface area (TPSA) is 150 Å². The van der Waals surface area contributed by atoms with Gasteiger partial charge in [-0.25, -0.2) is 0 Å². The fourth-order valence-corrected chi connectivity index (χ4v) is 5.18. The lowest BCUT2D eigenvalue weighted by molar-refractivity contribution is -0.123. The van der Waals surface area contributed by atoms with Gasteiger partial charge in [0.25, 0.3) is 11.8 Å². The van der Waals surface area contributed by atoms with Crippen molar-refractivity contribution >= 4 is 40.6 Å². The van der Waals surface area contributed by atoms with E-state index in [4.69, 9.17) is 20.9 Å². The third kappa shape index (κ3) is 5.51. The minimum absolute atomic E-state index is 0.00352. The average Bonchev–Trinajstić information content (AvgIpc) is 3.56.